The van der Waals surface area contributed by atoms with Crippen LogP contribution in [0.3, 0.4) is 0 Å². The summed E-state index contributed by atoms with van der Waals surface area (Å²) in [7, 11) is 1.39. The molecule has 3 aromatic rings. The molecule has 0 unspecified atom stereocenters. The lowest BCUT2D eigenvalue weighted by atomic mass is 10.2. The Kier molecular flexibility index (Phi) is 4.77. The molecular formula is C20H19N3O3S. The van der Waals surface area contributed by atoms with Gasteiger partial charge in [0.2, 0.25) is 0 Å². The van der Waals surface area contributed by atoms with Gasteiger partial charge >= 0.3 is 5.97 Å². The topological polar surface area (TPSA) is 89.7 Å². The average Bonchev–Trinajstić information content (AvgIpc) is 3.29. The molecule has 0 fully saturated rings. The number of aromatic amines is 1. The van der Waals surface area contributed by atoms with Crippen LogP contribution in [0.15, 0.2) is 53.5 Å². The van der Waals surface area contributed by atoms with E-state index in [0.717, 1.165) is 33.1 Å². The van der Waals surface area contributed by atoms with Crippen LogP contribution in [0, 0.1) is 0 Å². The minimum Gasteiger partial charge on any atom is -0.469 e. The first-order valence-electron chi connectivity index (χ1n) is 8.55. The van der Waals surface area contributed by atoms with Crippen molar-refractivity contribution < 1.29 is 14.3 Å². The molecule has 6 nitrogen and oxygen atoms in total. The van der Waals surface area contributed by atoms with E-state index in [0.29, 0.717) is 17.9 Å². The summed E-state index contributed by atoms with van der Waals surface area (Å²) in [6, 6.07) is 15.3. The van der Waals surface area contributed by atoms with E-state index in [1.165, 1.54) is 7.11 Å². The highest BCUT2D eigenvalue weighted by atomic mass is 32.2. The maximum Gasteiger partial charge on any atom is 0.307 e. The van der Waals surface area contributed by atoms with E-state index in [-0.39, 0.29) is 12.0 Å². The third kappa shape index (κ3) is 3.78. The van der Waals surface area contributed by atoms with Crippen molar-refractivity contribution in [1.29, 1.82) is 0 Å². The van der Waals surface area contributed by atoms with Crippen LogP contribution in [-0.4, -0.2) is 34.9 Å². The molecule has 0 spiro atoms. The summed E-state index contributed by atoms with van der Waals surface area (Å²) in [6.07, 6.45) is 0.296. The molecule has 27 heavy (non-hydrogen) atoms. The molecule has 1 aliphatic rings. The quantitative estimate of drug-likeness (QED) is 0.516. The van der Waals surface area contributed by atoms with Crippen molar-refractivity contribution in [2.45, 2.75) is 12.5 Å². The summed E-state index contributed by atoms with van der Waals surface area (Å²) in [5.41, 5.74) is 8.57. The molecule has 0 saturated heterocycles. The number of thioether (sulfide) groups is 1. The number of hydrogen-bond donors (Lipinski definition) is 2. The van der Waals surface area contributed by atoms with Gasteiger partial charge in [-0.1, -0.05) is 18.2 Å². The molecule has 0 bridgehead atoms. The molecule has 138 valence electrons. The Labute approximate surface area is 160 Å². The third-order valence-corrected chi connectivity index (χ3v) is 5.43. The van der Waals surface area contributed by atoms with E-state index in [4.69, 9.17) is 15.2 Å². The summed E-state index contributed by atoms with van der Waals surface area (Å²) in [5.74, 6) is 1.96. The van der Waals surface area contributed by atoms with E-state index in [1.54, 1.807) is 17.8 Å². The zero-order chi connectivity index (χ0) is 18.8. The number of carbonyl (C=O) groups is 1. The first-order valence-corrected chi connectivity index (χ1v) is 9.54. The number of esters is 1. The molecule has 0 saturated carbocycles. The molecule has 2 heterocycles. The predicted molar refractivity (Wildman–Crippen MR) is 109 cm³/mol. The second-order valence-corrected chi connectivity index (χ2v) is 7.26. The largest absolute Gasteiger partial charge is 0.469 e. The van der Waals surface area contributed by atoms with Gasteiger partial charge in [0.15, 0.2) is 0 Å². The Bertz CT molecular complexity index is 1010. The molecule has 0 amide bonds. The number of H-pyrrole nitrogens is 1. The monoisotopic (exact) mass is 381 g/mol. The number of anilines is 1. The van der Waals surface area contributed by atoms with Crippen LogP contribution in [0.1, 0.15) is 12.1 Å². The normalized spacial score (nSPS) is 16.3. The van der Waals surface area contributed by atoms with Gasteiger partial charge in [-0.2, -0.15) is 0 Å². The SMILES string of the molecule is COC(=O)C[C@@H]1CSC(c2cc3cc(Oc4ccccc4)cc(N)c3[nH]2)=N1. The first kappa shape index (κ1) is 17.5. The second kappa shape index (κ2) is 7.36. The fourth-order valence-electron chi connectivity index (χ4n) is 2.99. The number of hydrogen-bond acceptors (Lipinski definition) is 6. The van der Waals surface area contributed by atoms with Crippen LogP contribution in [0.5, 0.6) is 11.5 Å². The number of benzene rings is 2. The van der Waals surface area contributed by atoms with Crippen molar-refractivity contribution >= 4 is 39.4 Å². The van der Waals surface area contributed by atoms with Crippen LogP contribution in [0.25, 0.3) is 10.9 Å². The number of ether oxygens (including phenoxy) is 2. The maximum absolute atomic E-state index is 11.4. The summed E-state index contributed by atoms with van der Waals surface area (Å²) < 4.78 is 10.6. The molecule has 2 aromatic carbocycles. The van der Waals surface area contributed by atoms with Gasteiger partial charge in [0, 0.05) is 17.2 Å². The molecular weight excluding hydrogens is 362 g/mol. The summed E-state index contributed by atoms with van der Waals surface area (Å²) in [6.45, 7) is 0. The Morgan fingerprint density at radius 1 is 1.26 bits per heavy atom. The molecule has 3 N–H and O–H groups in total. The van der Waals surface area contributed by atoms with Crippen LogP contribution in [-0.2, 0) is 9.53 Å². The van der Waals surface area contributed by atoms with Crippen molar-refractivity contribution in [3.8, 4) is 11.5 Å². The van der Waals surface area contributed by atoms with Gasteiger partial charge in [0.25, 0.3) is 0 Å². The van der Waals surface area contributed by atoms with Gasteiger partial charge in [-0.25, -0.2) is 0 Å². The van der Waals surface area contributed by atoms with Crippen LogP contribution < -0.4 is 10.5 Å². The summed E-state index contributed by atoms with van der Waals surface area (Å²) in [4.78, 5) is 19.4. The molecule has 0 radical (unpaired) electrons. The van der Waals surface area contributed by atoms with E-state index in [2.05, 4.69) is 9.98 Å². The number of carbonyl (C=O) groups excluding carboxylic acids is 1. The number of rotatable bonds is 5. The predicted octanol–water partition coefficient (Wildman–Crippen LogP) is 3.97. The van der Waals surface area contributed by atoms with Crippen LogP contribution >= 0.6 is 11.8 Å². The van der Waals surface area contributed by atoms with Gasteiger partial charge in [-0.3, -0.25) is 9.79 Å². The van der Waals surface area contributed by atoms with Gasteiger partial charge in [-0.15, -0.1) is 11.8 Å². The number of methoxy groups -OCH3 is 1. The fourth-order valence-corrected chi connectivity index (χ4v) is 4.02. The van der Waals surface area contributed by atoms with Gasteiger partial charge in [0.1, 0.15) is 16.5 Å². The fraction of sp³-hybridized carbons (Fsp3) is 0.200. The summed E-state index contributed by atoms with van der Waals surface area (Å²) >= 11 is 1.62. The van der Waals surface area contributed by atoms with Gasteiger partial charge in [-0.05, 0) is 24.3 Å². The zero-order valence-electron chi connectivity index (χ0n) is 14.8. The van der Waals surface area contributed by atoms with Gasteiger partial charge in [0.05, 0.1) is 36.5 Å². The van der Waals surface area contributed by atoms with E-state index < -0.39 is 0 Å². The standard InChI is InChI=1S/C20H19N3O3S/c1-25-18(24)9-13-11-27-20(22-13)17-8-12-7-15(10-16(21)19(12)23-17)26-14-5-3-2-4-6-14/h2-8,10,13,23H,9,11,21H2,1H3/t13-/m1/s1. The number of para-hydroxylation sites is 1. The Hall–Kier alpha value is -2.93. The number of nitrogens with one attached hydrogen (secondary N) is 1. The molecule has 1 aliphatic heterocycles. The Morgan fingerprint density at radius 3 is 2.85 bits per heavy atom. The van der Waals surface area contributed by atoms with Crippen molar-refractivity contribution in [3.63, 3.8) is 0 Å². The number of nitrogens with zero attached hydrogens (tertiary/aromatic N) is 1. The molecule has 1 aromatic heterocycles. The van der Waals surface area contributed by atoms with Gasteiger partial charge < -0.3 is 20.2 Å². The number of fused-ring (bicyclic) bond motifs is 1. The number of aliphatic imine (C=N–C) groups is 1. The Balaban J connectivity index is 1.60. The van der Waals surface area contributed by atoms with E-state index in [9.17, 15) is 4.79 Å². The van der Waals surface area contributed by atoms with Crippen molar-refractivity contribution in [1.82, 2.24) is 4.98 Å². The third-order valence-electron chi connectivity index (χ3n) is 4.28. The minimum absolute atomic E-state index is 0.0572. The van der Waals surface area contributed by atoms with E-state index in [1.807, 2.05) is 42.5 Å². The maximum atomic E-state index is 11.4. The Morgan fingerprint density at radius 2 is 2.07 bits per heavy atom. The minimum atomic E-state index is -0.241. The lowest BCUT2D eigenvalue weighted by molar-refractivity contribution is -0.140. The van der Waals surface area contributed by atoms with Crippen LogP contribution in [0.2, 0.25) is 0 Å². The van der Waals surface area contributed by atoms with Crippen molar-refractivity contribution in [2.75, 3.05) is 18.6 Å². The number of nitrogen functional groups attached to an aromatic ring is 1. The zero-order valence-corrected chi connectivity index (χ0v) is 15.6. The molecule has 1 atom stereocenters. The molecule has 7 heteroatoms. The first-order chi connectivity index (χ1) is 13.1. The van der Waals surface area contributed by atoms with Crippen molar-refractivity contribution in [2.24, 2.45) is 4.99 Å². The highest BCUT2D eigenvalue weighted by Gasteiger charge is 2.23. The lowest BCUT2D eigenvalue weighted by Crippen LogP contribution is -2.12. The van der Waals surface area contributed by atoms with Crippen LogP contribution in [0.4, 0.5) is 5.69 Å². The summed E-state index contributed by atoms with van der Waals surface area (Å²) in [5, 5.41) is 1.83. The highest BCUT2D eigenvalue weighted by molar-refractivity contribution is 8.14. The molecule has 0 aliphatic carbocycles. The number of aromatic nitrogens is 1. The highest BCUT2D eigenvalue weighted by Crippen LogP contribution is 2.33. The average molecular weight is 381 g/mol. The van der Waals surface area contributed by atoms with Crippen molar-refractivity contribution in [3.05, 3.63) is 54.2 Å². The molecule has 4 rings (SSSR count). The second-order valence-electron chi connectivity index (χ2n) is 6.25. The number of nitrogens with two attached hydrogens (primary N) is 1. The lowest BCUT2D eigenvalue weighted by Gasteiger charge is -2.07. The smallest absolute Gasteiger partial charge is 0.307 e. The van der Waals surface area contributed by atoms with E-state index >= 15 is 0 Å².